The van der Waals surface area contributed by atoms with Crippen LogP contribution in [0.3, 0.4) is 0 Å². The van der Waals surface area contributed by atoms with Crippen molar-refractivity contribution in [2.24, 2.45) is 0 Å². The number of carbonyl (C=O) groups is 2. The van der Waals surface area contributed by atoms with Gasteiger partial charge in [-0.25, -0.2) is 12.8 Å². The number of benzene rings is 2. The third kappa shape index (κ3) is 3.81. The Hall–Kier alpha value is -2.98. The normalized spacial score (nSPS) is 17.3. The molecule has 29 heavy (non-hydrogen) atoms. The Bertz CT molecular complexity index is 1080. The average molecular weight is 419 g/mol. The molecule has 152 valence electrons. The van der Waals surface area contributed by atoms with E-state index in [1.807, 2.05) is 0 Å². The Morgan fingerprint density at radius 3 is 2.55 bits per heavy atom. The quantitative estimate of drug-likeness (QED) is 0.809. The lowest BCUT2D eigenvalue weighted by Crippen LogP contribution is -2.50. The van der Waals surface area contributed by atoms with Crippen LogP contribution in [0.15, 0.2) is 47.4 Å². The maximum absolute atomic E-state index is 13.4. The fraction of sp³-hybridized carbons (Fsp3) is 0.263. The second kappa shape index (κ2) is 7.45. The summed E-state index contributed by atoms with van der Waals surface area (Å²) in [4.78, 5) is 25.5. The fourth-order valence-corrected chi connectivity index (χ4v) is 4.76. The Morgan fingerprint density at radius 2 is 1.83 bits per heavy atom. The second-order valence-electron chi connectivity index (χ2n) is 6.70. The number of amides is 2. The van der Waals surface area contributed by atoms with Crippen LogP contribution in [0, 0.1) is 5.82 Å². The van der Waals surface area contributed by atoms with Crippen molar-refractivity contribution in [1.82, 2.24) is 9.21 Å². The van der Waals surface area contributed by atoms with Crippen LogP contribution >= 0.6 is 0 Å². The second-order valence-corrected chi connectivity index (χ2v) is 8.64. The van der Waals surface area contributed by atoms with E-state index in [0.29, 0.717) is 11.4 Å². The molecule has 0 aliphatic carbocycles. The van der Waals surface area contributed by atoms with Crippen molar-refractivity contribution in [3.05, 3.63) is 53.8 Å². The third-order valence-electron chi connectivity index (χ3n) is 4.82. The van der Waals surface area contributed by atoms with Crippen LogP contribution in [0.4, 0.5) is 10.1 Å². The number of nitrogens with zero attached hydrogens (tertiary/aromatic N) is 2. The number of sulfonamides is 1. The highest BCUT2D eigenvalue weighted by atomic mass is 32.2. The average Bonchev–Trinajstić information content (AvgIpc) is 2.72. The van der Waals surface area contributed by atoms with Crippen molar-refractivity contribution in [2.75, 3.05) is 38.1 Å². The lowest BCUT2D eigenvalue weighted by atomic mass is 10.2. The van der Waals surface area contributed by atoms with Gasteiger partial charge in [0.05, 0.1) is 10.6 Å². The molecule has 10 heteroatoms. The molecule has 2 aliphatic heterocycles. The molecule has 2 aromatic carbocycles. The predicted octanol–water partition coefficient (Wildman–Crippen LogP) is 1.30. The highest BCUT2D eigenvalue weighted by Crippen LogP contribution is 2.31. The zero-order chi connectivity index (χ0) is 20.6. The monoisotopic (exact) mass is 419 g/mol. The van der Waals surface area contributed by atoms with E-state index >= 15 is 0 Å². The van der Waals surface area contributed by atoms with Crippen molar-refractivity contribution in [3.63, 3.8) is 0 Å². The van der Waals surface area contributed by atoms with Gasteiger partial charge in [0.15, 0.2) is 6.61 Å². The van der Waals surface area contributed by atoms with Crippen molar-refractivity contribution in [2.45, 2.75) is 4.90 Å². The van der Waals surface area contributed by atoms with Gasteiger partial charge in [-0.15, -0.1) is 0 Å². The van der Waals surface area contributed by atoms with Gasteiger partial charge in [0.1, 0.15) is 11.6 Å². The molecule has 2 amide bonds. The first-order valence-electron chi connectivity index (χ1n) is 8.96. The molecule has 1 fully saturated rings. The zero-order valence-electron chi connectivity index (χ0n) is 15.3. The number of ether oxygens (including phenoxy) is 1. The molecule has 4 rings (SSSR count). The fourth-order valence-electron chi connectivity index (χ4n) is 3.31. The number of piperazine rings is 1. The van der Waals surface area contributed by atoms with Gasteiger partial charge in [-0.05, 0) is 36.4 Å². The summed E-state index contributed by atoms with van der Waals surface area (Å²) in [5.74, 6) is -0.777. The van der Waals surface area contributed by atoms with Crippen molar-refractivity contribution < 1.29 is 27.1 Å². The molecule has 0 radical (unpaired) electrons. The first kappa shape index (κ1) is 19.3. The minimum atomic E-state index is -3.80. The van der Waals surface area contributed by atoms with Gasteiger partial charge in [0.2, 0.25) is 10.0 Å². The highest BCUT2D eigenvalue weighted by Gasteiger charge is 2.31. The van der Waals surface area contributed by atoms with Gasteiger partial charge < -0.3 is 15.0 Å². The standard InChI is InChI=1S/C19H18FN3O5S/c20-14-3-1-2-13(10-14)19(25)22-6-8-23(9-7-22)29(26,27)15-4-5-17-16(11-15)21-18(24)12-28-17/h1-5,10-11H,6-9,12H2,(H,21,24). The molecule has 1 N–H and O–H groups in total. The topological polar surface area (TPSA) is 96.0 Å². The van der Waals surface area contributed by atoms with E-state index in [1.54, 1.807) is 0 Å². The number of fused-ring (bicyclic) bond motifs is 1. The first-order valence-corrected chi connectivity index (χ1v) is 10.4. The van der Waals surface area contributed by atoms with E-state index in [4.69, 9.17) is 4.74 Å². The lowest BCUT2D eigenvalue weighted by Gasteiger charge is -2.34. The van der Waals surface area contributed by atoms with Crippen LogP contribution < -0.4 is 10.1 Å². The van der Waals surface area contributed by atoms with Gasteiger partial charge in [-0.1, -0.05) is 6.07 Å². The van der Waals surface area contributed by atoms with Crippen molar-refractivity contribution >= 4 is 27.5 Å². The van der Waals surface area contributed by atoms with Crippen LogP contribution in [-0.2, 0) is 14.8 Å². The number of halogens is 1. The zero-order valence-corrected chi connectivity index (χ0v) is 16.1. The van der Waals surface area contributed by atoms with Gasteiger partial charge in [0, 0.05) is 31.7 Å². The number of carbonyl (C=O) groups excluding carboxylic acids is 2. The third-order valence-corrected chi connectivity index (χ3v) is 6.71. The van der Waals surface area contributed by atoms with Gasteiger partial charge in [-0.2, -0.15) is 4.31 Å². The number of hydrogen-bond acceptors (Lipinski definition) is 5. The van der Waals surface area contributed by atoms with E-state index in [0.717, 1.165) is 6.07 Å². The molecule has 2 aromatic rings. The summed E-state index contributed by atoms with van der Waals surface area (Å²) in [6, 6.07) is 9.70. The molecule has 0 bridgehead atoms. The molecule has 0 unspecified atom stereocenters. The van der Waals surface area contributed by atoms with Gasteiger partial charge in [0.25, 0.3) is 11.8 Å². The van der Waals surface area contributed by atoms with Crippen LogP contribution in [0.1, 0.15) is 10.4 Å². The number of hydrogen-bond donors (Lipinski definition) is 1. The van der Waals surface area contributed by atoms with Crippen LogP contribution in [0.5, 0.6) is 5.75 Å². The molecule has 8 nitrogen and oxygen atoms in total. The van der Waals surface area contributed by atoms with Gasteiger partial charge >= 0.3 is 0 Å². The Kier molecular flexibility index (Phi) is 4.97. The smallest absolute Gasteiger partial charge is 0.262 e. The van der Waals surface area contributed by atoms with E-state index in [1.165, 1.54) is 45.6 Å². The number of nitrogens with one attached hydrogen (secondary N) is 1. The first-order chi connectivity index (χ1) is 13.8. The Balaban J connectivity index is 1.47. The maximum Gasteiger partial charge on any atom is 0.262 e. The Labute approximate surface area is 166 Å². The van der Waals surface area contributed by atoms with Crippen LogP contribution in [0.2, 0.25) is 0 Å². The molecular formula is C19H18FN3O5S. The Morgan fingerprint density at radius 1 is 1.07 bits per heavy atom. The van der Waals surface area contributed by atoms with Crippen LogP contribution in [0.25, 0.3) is 0 Å². The predicted molar refractivity (Wildman–Crippen MR) is 102 cm³/mol. The van der Waals surface area contributed by atoms with E-state index in [2.05, 4.69) is 5.32 Å². The summed E-state index contributed by atoms with van der Waals surface area (Å²) in [5, 5.41) is 2.59. The molecule has 0 atom stereocenters. The van der Waals surface area contributed by atoms with Gasteiger partial charge in [-0.3, -0.25) is 9.59 Å². The summed E-state index contributed by atoms with van der Waals surface area (Å²) >= 11 is 0. The highest BCUT2D eigenvalue weighted by molar-refractivity contribution is 7.89. The number of rotatable bonds is 3. The maximum atomic E-state index is 13.4. The summed E-state index contributed by atoms with van der Waals surface area (Å²) in [5.41, 5.74) is 0.536. The minimum absolute atomic E-state index is 0.0342. The summed E-state index contributed by atoms with van der Waals surface area (Å²) in [7, 11) is -3.80. The summed E-state index contributed by atoms with van der Waals surface area (Å²) < 4.78 is 45.8. The van der Waals surface area contributed by atoms with E-state index in [9.17, 15) is 22.4 Å². The van der Waals surface area contributed by atoms with Crippen LogP contribution in [-0.4, -0.2) is 62.2 Å². The largest absolute Gasteiger partial charge is 0.482 e. The molecule has 2 aliphatic rings. The summed E-state index contributed by atoms with van der Waals surface area (Å²) in [6.45, 7) is 0.506. The minimum Gasteiger partial charge on any atom is -0.482 e. The molecular weight excluding hydrogens is 401 g/mol. The summed E-state index contributed by atoms with van der Waals surface area (Å²) in [6.07, 6.45) is 0. The molecule has 0 saturated carbocycles. The molecule has 0 spiro atoms. The van der Waals surface area contributed by atoms with Crippen molar-refractivity contribution in [1.29, 1.82) is 0 Å². The number of anilines is 1. The SMILES string of the molecule is O=C1COc2ccc(S(=O)(=O)N3CCN(C(=O)c4cccc(F)c4)CC3)cc2N1. The molecule has 0 aromatic heterocycles. The van der Waals surface area contributed by atoms with E-state index < -0.39 is 15.8 Å². The molecule has 2 heterocycles. The molecule has 1 saturated heterocycles. The van der Waals surface area contributed by atoms with Crippen molar-refractivity contribution in [3.8, 4) is 5.75 Å². The van der Waals surface area contributed by atoms with E-state index in [-0.39, 0.29) is 55.1 Å². The lowest BCUT2D eigenvalue weighted by molar-refractivity contribution is -0.118.